The van der Waals surface area contributed by atoms with Crippen molar-refractivity contribution in [3.05, 3.63) is 231 Å². The van der Waals surface area contributed by atoms with Gasteiger partial charge < -0.3 is 13.9 Å². The van der Waals surface area contributed by atoms with Crippen molar-refractivity contribution in [2.45, 2.75) is 0 Å². The van der Waals surface area contributed by atoms with Crippen molar-refractivity contribution in [3.8, 4) is 39.1 Å². The third-order valence-electron chi connectivity index (χ3n) is 12.2. The van der Waals surface area contributed by atoms with Crippen molar-refractivity contribution >= 4 is 71.6 Å². The fraction of sp³-hybridized carbons (Fsp3) is 0. The molecule has 0 aliphatic carbocycles. The molecule has 3 heteroatoms. The van der Waals surface area contributed by atoms with E-state index in [9.17, 15) is 0 Å². The second-order valence-corrected chi connectivity index (χ2v) is 15.7. The molecule has 0 N–H and O–H groups in total. The van der Waals surface area contributed by atoms with E-state index in [2.05, 4.69) is 228 Å². The molecule has 286 valence electrons. The van der Waals surface area contributed by atoms with Crippen LogP contribution in [0.3, 0.4) is 0 Å². The fourth-order valence-electron chi connectivity index (χ4n) is 9.23. The van der Waals surface area contributed by atoms with Crippen LogP contribution in [0.1, 0.15) is 0 Å². The molecule has 10 aromatic carbocycles. The van der Waals surface area contributed by atoms with Crippen LogP contribution in [0.4, 0.5) is 17.1 Å². The van der Waals surface area contributed by atoms with Gasteiger partial charge in [0.15, 0.2) is 0 Å². The van der Waals surface area contributed by atoms with Crippen molar-refractivity contribution in [2.75, 3.05) is 4.90 Å². The minimum absolute atomic E-state index is 0.901. The average molecular weight is 779 g/mol. The lowest BCUT2D eigenvalue weighted by Crippen LogP contribution is -2.09. The van der Waals surface area contributed by atoms with E-state index in [0.717, 1.165) is 55.8 Å². The van der Waals surface area contributed by atoms with Gasteiger partial charge in [0.25, 0.3) is 0 Å². The summed E-state index contributed by atoms with van der Waals surface area (Å²) < 4.78 is 8.63. The molecule has 0 fully saturated rings. The molecule has 12 aromatic rings. The number of anilines is 3. The van der Waals surface area contributed by atoms with E-state index >= 15 is 0 Å². The van der Waals surface area contributed by atoms with Crippen LogP contribution in [-0.4, -0.2) is 4.57 Å². The van der Waals surface area contributed by atoms with Crippen molar-refractivity contribution in [1.29, 1.82) is 0 Å². The normalized spacial score (nSPS) is 11.6. The standard InChI is InChI=1S/C58H38N2O/c1-2-11-39(12-3-1)40-21-29-46(30-22-40)59(48-35-27-43(28-36-48)50-17-10-20-57-58(50)52-16-7-9-19-56(52)61-57)47-31-23-41(24-32-47)42-25-33-49(34-26-42)60-54-18-8-6-15-51(54)53-37-44-13-4-5-14-45(44)38-55(53)60/h1-38H. The predicted octanol–water partition coefficient (Wildman–Crippen LogP) is 16.3. The zero-order chi connectivity index (χ0) is 40.3. The van der Waals surface area contributed by atoms with Crippen molar-refractivity contribution < 1.29 is 4.42 Å². The lowest BCUT2D eigenvalue weighted by Gasteiger charge is -2.26. The van der Waals surface area contributed by atoms with Crippen LogP contribution >= 0.6 is 0 Å². The number of nitrogens with zero attached hydrogens (tertiary/aromatic N) is 2. The Labute approximate surface area is 353 Å². The van der Waals surface area contributed by atoms with Gasteiger partial charge in [-0.3, -0.25) is 0 Å². The van der Waals surface area contributed by atoms with Gasteiger partial charge in [0.2, 0.25) is 0 Å². The third kappa shape index (κ3) is 5.98. The van der Waals surface area contributed by atoms with Gasteiger partial charge in [0, 0.05) is 44.3 Å². The Hall–Kier alpha value is -8.14. The van der Waals surface area contributed by atoms with Crippen LogP contribution in [0.5, 0.6) is 0 Å². The molecule has 0 saturated heterocycles. The highest BCUT2D eigenvalue weighted by atomic mass is 16.3. The number of fused-ring (bicyclic) bond motifs is 7. The Bertz CT molecular complexity index is 3540. The summed E-state index contributed by atoms with van der Waals surface area (Å²) in [6.45, 7) is 0. The van der Waals surface area contributed by atoms with Crippen LogP contribution in [0, 0.1) is 0 Å². The van der Waals surface area contributed by atoms with E-state index in [1.54, 1.807) is 0 Å². The van der Waals surface area contributed by atoms with Gasteiger partial charge in [-0.1, -0.05) is 152 Å². The highest BCUT2D eigenvalue weighted by molar-refractivity contribution is 6.14. The van der Waals surface area contributed by atoms with E-state index in [-0.39, 0.29) is 0 Å². The lowest BCUT2D eigenvalue weighted by atomic mass is 9.99. The molecule has 3 nitrogen and oxygen atoms in total. The molecule has 0 aliphatic rings. The van der Waals surface area contributed by atoms with Crippen molar-refractivity contribution in [1.82, 2.24) is 4.57 Å². The van der Waals surface area contributed by atoms with Gasteiger partial charge in [0.05, 0.1) is 11.0 Å². The fourth-order valence-corrected chi connectivity index (χ4v) is 9.23. The monoisotopic (exact) mass is 778 g/mol. The molecule has 0 saturated carbocycles. The first-order valence-corrected chi connectivity index (χ1v) is 20.8. The third-order valence-corrected chi connectivity index (χ3v) is 12.2. The summed E-state index contributed by atoms with van der Waals surface area (Å²) in [7, 11) is 0. The summed E-state index contributed by atoms with van der Waals surface area (Å²) in [6, 6.07) is 82.9. The first-order valence-electron chi connectivity index (χ1n) is 20.8. The van der Waals surface area contributed by atoms with Crippen LogP contribution in [0.25, 0.3) is 93.6 Å². The molecule has 0 bridgehead atoms. The van der Waals surface area contributed by atoms with E-state index in [4.69, 9.17) is 4.42 Å². The van der Waals surface area contributed by atoms with Gasteiger partial charge in [-0.05, 0) is 123 Å². The summed E-state index contributed by atoms with van der Waals surface area (Å²) in [5.74, 6) is 0. The number of aromatic nitrogens is 1. The zero-order valence-corrected chi connectivity index (χ0v) is 33.2. The van der Waals surface area contributed by atoms with Crippen LogP contribution in [0.15, 0.2) is 235 Å². The molecule has 0 atom stereocenters. The second kappa shape index (κ2) is 14.3. The molecule has 0 radical (unpaired) electrons. The van der Waals surface area contributed by atoms with Crippen molar-refractivity contribution in [3.63, 3.8) is 0 Å². The van der Waals surface area contributed by atoms with Gasteiger partial charge >= 0.3 is 0 Å². The maximum absolute atomic E-state index is 6.23. The van der Waals surface area contributed by atoms with Crippen LogP contribution in [-0.2, 0) is 0 Å². The number of benzene rings is 10. The molecule has 2 aromatic heterocycles. The van der Waals surface area contributed by atoms with E-state index < -0.39 is 0 Å². The maximum Gasteiger partial charge on any atom is 0.136 e. The molecular formula is C58H38N2O. The molecule has 12 rings (SSSR count). The number of furan rings is 1. The predicted molar refractivity (Wildman–Crippen MR) is 257 cm³/mol. The summed E-state index contributed by atoms with van der Waals surface area (Å²) >= 11 is 0. The zero-order valence-electron chi connectivity index (χ0n) is 33.2. The quantitative estimate of drug-likeness (QED) is 0.161. The Kier molecular flexibility index (Phi) is 8.17. The smallest absolute Gasteiger partial charge is 0.136 e. The number of para-hydroxylation sites is 2. The highest BCUT2D eigenvalue weighted by Crippen LogP contribution is 2.41. The van der Waals surface area contributed by atoms with Gasteiger partial charge in [-0.25, -0.2) is 0 Å². The largest absolute Gasteiger partial charge is 0.456 e. The Balaban J connectivity index is 0.903. The molecular weight excluding hydrogens is 741 g/mol. The first kappa shape index (κ1) is 34.9. The minimum atomic E-state index is 0.901. The topological polar surface area (TPSA) is 21.3 Å². The van der Waals surface area contributed by atoms with Gasteiger partial charge in [-0.2, -0.15) is 0 Å². The molecule has 0 aliphatic heterocycles. The maximum atomic E-state index is 6.23. The van der Waals surface area contributed by atoms with Crippen LogP contribution in [0.2, 0.25) is 0 Å². The average Bonchev–Trinajstić information content (AvgIpc) is 3.87. The molecule has 0 spiro atoms. The SMILES string of the molecule is c1ccc(-c2ccc(N(c3ccc(-c4ccc(-n5c6ccccc6c6cc7ccccc7cc65)cc4)cc3)c3ccc(-c4cccc5oc6ccccc6c45)cc3)cc2)cc1. The van der Waals surface area contributed by atoms with Gasteiger partial charge in [0.1, 0.15) is 11.2 Å². The summed E-state index contributed by atoms with van der Waals surface area (Å²) in [6.07, 6.45) is 0. The Morgan fingerprint density at radius 2 is 0.836 bits per heavy atom. The van der Waals surface area contributed by atoms with Crippen LogP contribution < -0.4 is 4.90 Å². The number of rotatable bonds is 7. The lowest BCUT2D eigenvalue weighted by molar-refractivity contribution is 0.669. The van der Waals surface area contributed by atoms with E-state index in [1.807, 2.05) is 12.1 Å². The molecule has 0 unspecified atom stereocenters. The Morgan fingerprint density at radius 1 is 0.328 bits per heavy atom. The molecule has 61 heavy (non-hydrogen) atoms. The summed E-state index contributed by atoms with van der Waals surface area (Å²) in [5, 5.41) is 7.31. The molecule has 0 amide bonds. The van der Waals surface area contributed by atoms with Crippen molar-refractivity contribution in [2.24, 2.45) is 0 Å². The number of hydrogen-bond donors (Lipinski definition) is 0. The second-order valence-electron chi connectivity index (χ2n) is 15.7. The number of hydrogen-bond acceptors (Lipinski definition) is 2. The summed E-state index contributed by atoms with van der Waals surface area (Å²) in [5.41, 5.74) is 15.7. The van der Waals surface area contributed by atoms with E-state index in [1.165, 1.54) is 54.8 Å². The summed E-state index contributed by atoms with van der Waals surface area (Å²) in [4.78, 5) is 2.34. The first-order chi connectivity index (χ1) is 30.2. The Morgan fingerprint density at radius 3 is 1.51 bits per heavy atom. The molecule has 2 heterocycles. The minimum Gasteiger partial charge on any atom is -0.456 e. The van der Waals surface area contributed by atoms with E-state index in [0.29, 0.717) is 0 Å². The highest BCUT2D eigenvalue weighted by Gasteiger charge is 2.17. The van der Waals surface area contributed by atoms with Gasteiger partial charge in [-0.15, -0.1) is 0 Å².